The second kappa shape index (κ2) is 6.80. The molecule has 3 rings (SSSR count). The minimum Gasteiger partial charge on any atom is -0.497 e. The van der Waals surface area contributed by atoms with Crippen LogP contribution in [0, 0.1) is 25.2 Å². The highest BCUT2D eigenvalue weighted by molar-refractivity contribution is 5.80. The summed E-state index contributed by atoms with van der Waals surface area (Å²) in [6.45, 7) is 3.72. The van der Waals surface area contributed by atoms with Crippen LogP contribution in [0.3, 0.4) is 0 Å². The molecular formula is C20H15F3N2O2. The summed E-state index contributed by atoms with van der Waals surface area (Å²) in [5.41, 5.74) is 2.52. The average molecular weight is 372 g/mol. The molecular weight excluding hydrogens is 357 g/mol. The molecule has 4 nitrogen and oxygen atoms in total. The van der Waals surface area contributed by atoms with E-state index >= 15 is 0 Å². The number of halogens is 3. The van der Waals surface area contributed by atoms with Crippen molar-refractivity contribution >= 4 is 0 Å². The lowest BCUT2D eigenvalue weighted by molar-refractivity contribution is -0.137. The number of benzene rings is 2. The van der Waals surface area contributed by atoms with E-state index < -0.39 is 11.7 Å². The van der Waals surface area contributed by atoms with E-state index in [0.717, 1.165) is 28.8 Å². The number of alkyl halides is 3. The average Bonchev–Trinajstić information content (AvgIpc) is 3.04. The third-order valence-electron chi connectivity index (χ3n) is 4.26. The highest BCUT2D eigenvalue weighted by Gasteiger charge is 2.30. The molecule has 138 valence electrons. The predicted octanol–water partition coefficient (Wildman–Crippen LogP) is 5.52. The Morgan fingerprint density at radius 1 is 1.07 bits per heavy atom. The summed E-state index contributed by atoms with van der Waals surface area (Å²) in [6.07, 6.45) is -4.43. The van der Waals surface area contributed by atoms with Crippen LogP contribution in [0.4, 0.5) is 13.2 Å². The number of aromatic nitrogens is 1. The monoisotopic (exact) mass is 372 g/mol. The summed E-state index contributed by atoms with van der Waals surface area (Å²) in [4.78, 5) is 0. The molecule has 0 atom stereocenters. The molecule has 0 unspecified atom stereocenters. The van der Waals surface area contributed by atoms with Crippen LogP contribution < -0.4 is 4.74 Å². The Hall–Kier alpha value is -3.27. The normalized spacial score (nSPS) is 11.3. The van der Waals surface area contributed by atoms with E-state index in [4.69, 9.17) is 9.26 Å². The van der Waals surface area contributed by atoms with Crippen LogP contribution in [0.5, 0.6) is 5.75 Å². The van der Waals surface area contributed by atoms with Gasteiger partial charge < -0.3 is 9.26 Å². The van der Waals surface area contributed by atoms with E-state index in [9.17, 15) is 18.4 Å². The van der Waals surface area contributed by atoms with Gasteiger partial charge in [-0.05, 0) is 49.2 Å². The zero-order valence-electron chi connectivity index (χ0n) is 14.8. The molecule has 0 saturated heterocycles. The summed E-state index contributed by atoms with van der Waals surface area (Å²) < 4.78 is 48.8. The molecule has 0 amide bonds. The van der Waals surface area contributed by atoms with Crippen molar-refractivity contribution in [1.82, 2.24) is 5.16 Å². The lowest BCUT2D eigenvalue weighted by Gasteiger charge is -2.10. The lowest BCUT2D eigenvalue weighted by Crippen LogP contribution is -2.04. The fourth-order valence-electron chi connectivity index (χ4n) is 2.99. The van der Waals surface area contributed by atoms with Gasteiger partial charge in [0.25, 0.3) is 0 Å². The zero-order valence-corrected chi connectivity index (χ0v) is 14.8. The number of hydrogen-bond acceptors (Lipinski definition) is 4. The Bertz CT molecular complexity index is 1010. The predicted molar refractivity (Wildman–Crippen MR) is 93.1 cm³/mol. The number of nitriles is 1. The molecule has 0 fully saturated rings. The van der Waals surface area contributed by atoms with Crippen molar-refractivity contribution in [1.29, 1.82) is 5.26 Å². The number of aryl methyl sites for hydroxylation is 2. The number of ether oxygens (including phenoxy) is 1. The van der Waals surface area contributed by atoms with Crippen molar-refractivity contribution in [2.75, 3.05) is 7.11 Å². The number of hydrogen-bond donors (Lipinski definition) is 0. The van der Waals surface area contributed by atoms with Crippen LogP contribution in [-0.4, -0.2) is 12.3 Å². The Balaban J connectivity index is 2.11. The minimum absolute atomic E-state index is 0.135. The highest BCUT2D eigenvalue weighted by atomic mass is 19.4. The summed E-state index contributed by atoms with van der Waals surface area (Å²) in [6, 6.07) is 10.1. The molecule has 2 aromatic carbocycles. The van der Waals surface area contributed by atoms with Crippen molar-refractivity contribution in [2.45, 2.75) is 20.0 Å². The SMILES string of the molecule is COc1cc(C)c(-c2noc(-c3ccc(C(F)(F)F)cc3)c2C#N)c(C)c1. The van der Waals surface area contributed by atoms with E-state index in [-0.39, 0.29) is 11.3 Å². The number of methoxy groups -OCH3 is 1. The number of nitrogens with zero attached hydrogens (tertiary/aromatic N) is 2. The molecule has 0 saturated carbocycles. The maximum absolute atomic E-state index is 12.7. The van der Waals surface area contributed by atoms with Crippen molar-refractivity contribution in [2.24, 2.45) is 0 Å². The van der Waals surface area contributed by atoms with Crippen molar-refractivity contribution in [3.05, 3.63) is 58.7 Å². The quantitative estimate of drug-likeness (QED) is 0.607. The maximum Gasteiger partial charge on any atom is 0.416 e. The van der Waals surface area contributed by atoms with Crippen LogP contribution in [0.1, 0.15) is 22.3 Å². The van der Waals surface area contributed by atoms with Gasteiger partial charge in [-0.15, -0.1) is 0 Å². The van der Waals surface area contributed by atoms with E-state index in [0.29, 0.717) is 17.0 Å². The Morgan fingerprint density at radius 2 is 1.67 bits per heavy atom. The summed E-state index contributed by atoms with van der Waals surface area (Å²) in [7, 11) is 1.56. The van der Waals surface area contributed by atoms with Crippen LogP contribution >= 0.6 is 0 Å². The first-order chi connectivity index (χ1) is 12.8. The number of rotatable bonds is 3. The van der Waals surface area contributed by atoms with Gasteiger partial charge in [0.05, 0.1) is 12.7 Å². The molecule has 3 aromatic rings. The van der Waals surface area contributed by atoms with Crippen molar-refractivity contribution < 1.29 is 22.4 Å². The first kappa shape index (κ1) is 18.5. The summed E-state index contributed by atoms with van der Waals surface area (Å²) in [5, 5.41) is 13.6. The molecule has 27 heavy (non-hydrogen) atoms. The Kier molecular flexibility index (Phi) is 4.66. The van der Waals surface area contributed by atoms with Gasteiger partial charge in [-0.3, -0.25) is 0 Å². The van der Waals surface area contributed by atoms with E-state index in [2.05, 4.69) is 11.2 Å². The molecule has 0 aliphatic heterocycles. The van der Waals surface area contributed by atoms with Gasteiger partial charge in [0.2, 0.25) is 0 Å². The third kappa shape index (κ3) is 3.38. The standard InChI is InChI=1S/C20H15F3N2O2/c1-11-8-15(26-3)9-12(2)17(11)18-16(10-24)19(27-25-18)13-4-6-14(7-5-13)20(21,22)23/h4-9H,1-3H3. The lowest BCUT2D eigenvalue weighted by atomic mass is 9.95. The van der Waals surface area contributed by atoms with E-state index in [1.165, 1.54) is 12.1 Å². The zero-order chi connectivity index (χ0) is 19.8. The second-order valence-electron chi connectivity index (χ2n) is 6.06. The van der Waals surface area contributed by atoms with E-state index in [1.54, 1.807) is 7.11 Å². The summed E-state index contributed by atoms with van der Waals surface area (Å²) in [5.74, 6) is 0.814. The molecule has 0 radical (unpaired) electrons. The van der Waals surface area contributed by atoms with Gasteiger partial charge in [-0.2, -0.15) is 18.4 Å². The Labute approximate surface area is 153 Å². The minimum atomic E-state index is -4.43. The van der Waals surface area contributed by atoms with Crippen molar-refractivity contribution in [3.63, 3.8) is 0 Å². The fourth-order valence-corrected chi connectivity index (χ4v) is 2.99. The summed E-state index contributed by atoms with van der Waals surface area (Å²) >= 11 is 0. The van der Waals surface area contributed by atoms with Gasteiger partial charge in [0.1, 0.15) is 23.1 Å². The first-order valence-electron chi connectivity index (χ1n) is 7.99. The van der Waals surface area contributed by atoms with Gasteiger partial charge in [-0.25, -0.2) is 0 Å². The van der Waals surface area contributed by atoms with Gasteiger partial charge >= 0.3 is 6.18 Å². The maximum atomic E-state index is 12.7. The topological polar surface area (TPSA) is 59.1 Å². The molecule has 0 aliphatic carbocycles. The molecule has 0 N–H and O–H groups in total. The molecule has 1 heterocycles. The van der Waals surface area contributed by atoms with Crippen LogP contribution in [0.15, 0.2) is 40.9 Å². The van der Waals surface area contributed by atoms with Crippen LogP contribution in [-0.2, 0) is 6.18 Å². The molecule has 0 spiro atoms. The van der Waals surface area contributed by atoms with Gasteiger partial charge in [-0.1, -0.05) is 17.3 Å². The highest BCUT2D eigenvalue weighted by Crippen LogP contribution is 2.37. The van der Waals surface area contributed by atoms with Crippen LogP contribution in [0.2, 0.25) is 0 Å². The molecule has 1 aromatic heterocycles. The molecule has 0 aliphatic rings. The molecule has 0 bridgehead atoms. The van der Waals surface area contributed by atoms with Gasteiger partial charge in [0.15, 0.2) is 5.76 Å². The smallest absolute Gasteiger partial charge is 0.416 e. The second-order valence-corrected chi connectivity index (χ2v) is 6.06. The first-order valence-corrected chi connectivity index (χ1v) is 7.99. The van der Waals surface area contributed by atoms with Crippen molar-refractivity contribution in [3.8, 4) is 34.4 Å². The van der Waals surface area contributed by atoms with E-state index in [1.807, 2.05) is 26.0 Å². The molecule has 7 heteroatoms. The van der Waals surface area contributed by atoms with Gasteiger partial charge in [0, 0.05) is 11.1 Å². The third-order valence-corrected chi connectivity index (χ3v) is 4.26. The van der Waals surface area contributed by atoms with Crippen LogP contribution in [0.25, 0.3) is 22.6 Å². The Morgan fingerprint density at radius 3 is 2.15 bits per heavy atom. The fraction of sp³-hybridized carbons (Fsp3) is 0.200. The largest absolute Gasteiger partial charge is 0.497 e.